The maximum Gasteiger partial charge on any atom is 0.237 e. The van der Waals surface area contributed by atoms with Gasteiger partial charge < -0.3 is 10.1 Å². The molecule has 0 aliphatic carbocycles. The smallest absolute Gasteiger partial charge is 0.237 e. The van der Waals surface area contributed by atoms with Crippen molar-refractivity contribution >= 4 is 17.5 Å². The van der Waals surface area contributed by atoms with Crippen molar-refractivity contribution in [2.24, 2.45) is 0 Å². The van der Waals surface area contributed by atoms with E-state index in [2.05, 4.69) is 28.1 Å². The first-order chi connectivity index (χ1) is 7.77. The van der Waals surface area contributed by atoms with Crippen LogP contribution in [-0.4, -0.2) is 23.1 Å². The van der Waals surface area contributed by atoms with Gasteiger partial charge in [-0.3, -0.25) is 0 Å². The van der Waals surface area contributed by atoms with Crippen LogP contribution in [-0.2, 0) is 0 Å². The predicted octanol–water partition coefficient (Wildman–Crippen LogP) is 2.35. The van der Waals surface area contributed by atoms with Gasteiger partial charge in [-0.2, -0.15) is 4.98 Å². The molecule has 5 heteroatoms. The van der Waals surface area contributed by atoms with Crippen molar-refractivity contribution in [3.63, 3.8) is 0 Å². The molecule has 0 saturated heterocycles. The third-order valence-electron chi connectivity index (χ3n) is 1.73. The Labute approximate surface area is 100 Å². The van der Waals surface area contributed by atoms with Gasteiger partial charge in [0.2, 0.25) is 11.8 Å². The summed E-state index contributed by atoms with van der Waals surface area (Å²) in [6.07, 6.45) is 8.16. The van der Waals surface area contributed by atoms with E-state index in [0.717, 1.165) is 13.0 Å². The number of hydrogen-bond donors (Lipinski definition) is 1. The van der Waals surface area contributed by atoms with Crippen LogP contribution < -0.4 is 10.1 Å². The van der Waals surface area contributed by atoms with Crippen molar-refractivity contribution in [2.75, 3.05) is 18.5 Å². The normalized spacial score (nSPS) is 9.56. The average molecular weight is 240 g/mol. The molecule has 16 heavy (non-hydrogen) atoms. The molecule has 1 rings (SSSR count). The Bertz CT molecular complexity index is 376. The van der Waals surface area contributed by atoms with Gasteiger partial charge in [0.15, 0.2) is 0 Å². The Morgan fingerprint density at radius 2 is 2.44 bits per heavy atom. The number of nitrogens with zero attached hydrogens (tertiary/aromatic N) is 2. The minimum absolute atomic E-state index is 0.366. The number of halogens is 1. The molecular formula is C11H14ClN3O. The third-order valence-corrected chi connectivity index (χ3v) is 1.99. The van der Waals surface area contributed by atoms with Gasteiger partial charge >= 0.3 is 0 Å². The highest BCUT2D eigenvalue weighted by atomic mass is 35.5. The van der Waals surface area contributed by atoms with Gasteiger partial charge in [0.05, 0.1) is 6.20 Å². The standard InChI is InChI=1S/C11H14ClN3O/c1-3-5-7-16-10-9(12)8-14-11(15-10)13-6-4-2/h1,8H,4-7H2,2H3,(H,13,14,15). The molecule has 0 spiro atoms. The Balaban J connectivity index is 2.63. The van der Waals surface area contributed by atoms with E-state index in [9.17, 15) is 0 Å². The molecule has 0 aliphatic rings. The van der Waals surface area contributed by atoms with Gasteiger partial charge in [-0.1, -0.05) is 18.5 Å². The van der Waals surface area contributed by atoms with E-state index >= 15 is 0 Å². The van der Waals surface area contributed by atoms with Crippen LogP contribution in [0.5, 0.6) is 5.88 Å². The predicted molar refractivity (Wildman–Crippen MR) is 64.8 cm³/mol. The molecule has 0 radical (unpaired) electrons. The molecule has 1 N–H and O–H groups in total. The SMILES string of the molecule is C#CCCOc1nc(NCCC)ncc1Cl. The van der Waals surface area contributed by atoms with Crippen LogP contribution in [0.2, 0.25) is 5.02 Å². The summed E-state index contributed by atoms with van der Waals surface area (Å²) in [5.74, 6) is 3.36. The van der Waals surface area contributed by atoms with E-state index in [1.54, 1.807) is 0 Å². The summed E-state index contributed by atoms with van der Waals surface area (Å²) >= 11 is 5.88. The lowest BCUT2D eigenvalue weighted by Gasteiger charge is -2.07. The van der Waals surface area contributed by atoms with Gasteiger partial charge in [-0.15, -0.1) is 12.3 Å². The Kier molecular flexibility index (Phi) is 5.44. The lowest BCUT2D eigenvalue weighted by Crippen LogP contribution is -2.06. The van der Waals surface area contributed by atoms with Crippen LogP contribution >= 0.6 is 11.6 Å². The molecule has 0 aromatic carbocycles. The summed E-state index contributed by atoms with van der Waals surface area (Å²) in [6.45, 7) is 3.28. The molecule has 0 atom stereocenters. The maximum atomic E-state index is 5.88. The highest BCUT2D eigenvalue weighted by molar-refractivity contribution is 6.31. The van der Waals surface area contributed by atoms with E-state index in [4.69, 9.17) is 22.8 Å². The Morgan fingerprint density at radius 3 is 3.12 bits per heavy atom. The van der Waals surface area contributed by atoms with Crippen molar-refractivity contribution in [1.82, 2.24) is 9.97 Å². The first-order valence-electron chi connectivity index (χ1n) is 5.10. The second-order valence-corrected chi connectivity index (χ2v) is 3.48. The lowest BCUT2D eigenvalue weighted by molar-refractivity contribution is 0.314. The van der Waals surface area contributed by atoms with E-state index < -0.39 is 0 Å². The topological polar surface area (TPSA) is 47.0 Å². The van der Waals surface area contributed by atoms with E-state index in [1.807, 2.05) is 0 Å². The number of terminal acetylenes is 1. The van der Waals surface area contributed by atoms with Gasteiger partial charge in [0, 0.05) is 13.0 Å². The molecular weight excluding hydrogens is 226 g/mol. The third kappa shape index (κ3) is 3.95. The van der Waals surface area contributed by atoms with Crippen molar-refractivity contribution in [1.29, 1.82) is 0 Å². The first-order valence-corrected chi connectivity index (χ1v) is 5.48. The second kappa shape index (κ2) is 6.91. The number of rotatable bonds is 6. The molecule has 1 aromatic heterocycles. The fourth-order valence-corrected chi connectivity index (χ4v) is 1.13. The minimum Gasteiger partial charge on any atom is -0.475 e. The molecule has 0 aliphatic heterocycles. The van der Waals surface area contributed by atoms with Crippen molar-refractivity contribution in [3.05, 3.63) is 11.2 Å². The van der Waals surface area contributed by atoms with E-state index in [-0.39, 0.29) is 0 Å². The number of ether oxygens (including phenoxy) is 1. The van der Waals surface area contributed by atoms with Crippen LogP contribution in [0.4, 0.5) is 5.95 Å². The van der Waals surface area contributed by atoms with Crippen molar-refractivity contribution < 1.29 is 4.74 Å². The molecule has 1 heterocycles. The molecule has 86 valence electrons. The molecule has 0 saturated carbocycles. The fourth-order valence-electron chi connectivity index (χ4n) is 0.981. The Hall–Kier alpha value is -1.47. The monoisotopic (exact) mass is 239 g/mol. The summed E-state index contributed by atoms with van der Waals surface area (Å²) in [5, 5.41) is 3.44. The molecule has 0 unspecified atom stereocenters. The zero-order valence-electron chi connectivity index (χ0n) is 9.16. The zero-order chi connectivity index (χ0) is 11.8. The molecule has 1 aromatic rings. The quantitative estimate of drug-likeness (QED) is 0.612. The van der Waals surface area contributed by atoms with Gasteiger partial charge in [-0.05, 0) is 6.42 Å². The average Bonchev–Trinajstić information content (AvgIpc) is 2.30. The summed E-state index contributed by atoms with van der Waals surface area (Å²) in [7, 11) is 0. The fraction of sp³-hybridized carbons (Fsp3) is 0.455. The number of aromatic nitrogens is 2. The van der Waals surface area contributed by atoms with Crippen LogP contribution in [0.15, 0.2) is 6.20 Å². The van der Waals surface area contributed by atoms with Gasteiger partial charge in [0.25, 0.3) is 0 Å². The minimum atomic E-state index is 0.366. The van der Waals surface area contributed by atoms with Gasteiger partial charge in [-0.25, -0.2) is 4.98 Å². The second-order valence-electron chi connectivity index (χ2n) is 3.08. The zero-order valence-corrected chi connectivity index (χ0v) is 9.92. The number of anilines is 1. The van der Waals surface area contributed by atoms with Crippen LogP contribution in [0.1, 0.15) is 19.8 Å². The summed E-state index contributed by atoms with van der Waals surface area (Å²) in [5.41, 5.74) is 0. The summed E-state index contributed by atoms with van der Waals surface area (Å²) in [6, 6.07) is 0. The van der Waals surface area contributed by atoms with E-state index in [0.29, 0.717) is 29.9 Å². The van der Waals surface area contributed by atoms with Crippen molar-refractivity contribution in [3.8, 4) is 18.2 Å². The van der Waals surface area contributed by atoms with Gasteiger partial charge in [0.1, 0.15) is 11.6 Å². The maximum absolute atomic E-state index is 5.88. The summed E-state index contributed by atoms with van der Waals surface area (Å²) in [4.78, 5) is 8.17. The van der Waals surface area contributed by atoms with Crippen LogP contribution in [0.3, 0.4) is 0 Å². The first kappa shape index (κ1) is 12.6. The summed E-state index contributed by atoms with van der Waals surface area (Å²) < 4.78 is 5.33. The Morgan fingerprint density at radius 1 is 1.62 bits per heavy atom. The molecule has 0 bridgehead atoms. The molecule has 0 fully saturated rings. The van der Waals surface area contributed by atoms with Crippen LogP contribution in [0.25, 0.3) is 0 Å². The highest BCUT2D eigenvalue weighted by Crippen LogP contribution is 2.21. The molecule has 0 amide bonds. The van der Waals surface area contributed by atoms with Crippen LogP contribution in [0, 0.1) is 12.3 Å². The number of hydrogen-bond acceptors (Lipinski definition) is 4. The largest absolute Gasteiger partial charge is 0.475 e. The van der Waals surface area contributed by atoms with E-state index in [1.165, 1.54) is 6.20 Å². The molecule has 4 nitrogen and oxygen atoms in total. The highest BCUT2D eigenvalue weighted by Gasteiger charge is 2.05. The van der Waals surface area contributed by atoms with Crippen molar-refractivity contribution in [2.45, 2.75) is 19.8 Å². The number of nitrogens with one attached hydrogen (secondary N) is 1. The lowest BCUT2D eigenvalue weighted by atomic mass is 10.5.